The lowest BCUT2D eigenvalue weighted by atomic mass is 10.0. The van der Waals surface area contributed by atoms with Crippen LogP contribution >= 0.6 is 0 Å². The molecule has 2 unspecified atom stereocenters. The molecular formula is C18H25NO5. The molecule has 6 nitrogen and oxygen atoms in total. The van der Waals surface area contributed by atoms with E-state index in [1.807, 2.05) is 31.2 Å². The molecule has 0 spiro atoms. The predicted octanol–water partition coefficient (Wildman–Crippen LogP) is 2.28. The van der Waals surface area contributed by atoms with Gasteiger partial charge in [-0.2, -0.15) is 0 Å². The van der Waals surface area contributed by atoms with Crippen molar-refractivity contribution in [3.63, 3.8) is 0 Å². The van der Waals surface area contributed by atoms with E-state index in [1.165, 1.54) is 4.90 Å². The Morgan fingerprint density at radius 2 is 2.08 bits per heavy atom. The van der Waals surface area contributed by atoms with Gasteiger partial charge < -0.3 is 19.5 Å². The molecule has 1 N–H and O–H groups in total. The molecule has 2 rings (SSSR count). The molecule has 0 radical (unpaired) electrons. The lowest BCUT2D eigenvalue weighted by Gasteiger charge is -2.33. The van der Waals surface area contributed by atoms with Crippen molar-refractivity contribution >= 4 is 11.9 Å². The number of carbonyl (C=O) groups excluding carboxylic acids is 1. The molecule has 1 aromatic carbocycles. The van der Waals surface area contributed by atoms with Crippen molar-refractivity contribution in [1.29, 1.82) is 0 Å². The monoisotopic (exact) mass is 335 g/mol. The van der Waals surface area contributed by atoms with Crippen molar-refractivity contribution in [2.24, 2.45) is 0 Å². The molecule has 6 heteroatoms. The van der Waals surface area contributed by atoms with Gasteiger partial charge in [-0.1, -0.05) is 39.0 Å². The van der Waals surface area contributed by atoms with Crippen molar-refractivity contribution in [3.8, 4) is 5.75 Å². The summed E-state index contributed by atoms with van der Waals surface area (Å²) in [4.78, 5) is 25.3. The second-order valence-electron chi connectivity index (χ2n) is 6.19. The van der Waals surface area contributed by atoms with Crippen LogP contribution in [0.3, 0.4) is 0 Å². The van der Waals surface area contributed by atoms with Gasteiger partial charge in [-0.3, -0.25) is 4.79 Å². The first-order chi connectivity index (χ1) is 11.4. The number of rotatable bonds is 6. The largest absolute Gasteiger partial charge is 0.480 e. The average molecular weight is 335 g/mol. The average Bonchev–Trinajstić information content (AvgIpc) is 2.59. The second kappa shape index (κ2) is 8.15. The van der Waals surface area contributed by atoms with E-state index < -0.39 is 18.2 Å². The third-order valence-electron chi connectivity index (χ3n) is 4.11. The Morgan fingerprint density at radius 1 is 1.38 bits per heavy atom. The number of amides is 1. The van der Waals surface area contributed by atoms with Crippen LogP contribution < -0.4 is 4.74 Å². The molecule has 1 saturated heterocycles. The highest BCUT2D eigenvalue weighted by Gasteiger charge is 2.33. The number of nitrogens with zero attached hydrogens (tertiary/aromatic N) is 1. The zero-order valence-corrected chi connectivity index (χ0v) is 14.4. The smallest absolute Gasteiger partial charge is 0.334 e. The fraction of sp³-hybridized carbons (Fsp3) is 0.556. The first-order valence-electron chi connectivity index (χ1n) is 8.32. The van der Waals surface area contributed by atoms with E-state index in [1.54, 1.807) is 0 Å². The van der Waals surface area contributed by atoms with Crippen LogP contribution in [-0.2, 0) is 14.3 Å². The quantitative estimate of drug-likeness (QED) is 0.863. The van der Waals surface area contributed by atoms with Gasteiger partial charge in [-0.05, 0) is 24.0 Å². The summed E-state index contributed by atoms with van der Waals surface area (Å²) >= 11 is 0. The molecule has 0 aliphatic carbocycles. The van der Waals surface area contributed by atoms with Gasteiger partial charge in [-0.15, -0.1) is 0 Å². The summed E-state index contributed by atoms with van der Waals surface area (Å²) in [5.41, 5.74) is 1.05. The molecule has 1 aromatic rings. The van der Waals surface area contributed by atoms with Gasteiger partial charge in [0, 0.05) is 6.54 Å². The van der Waals surface area contributed by atoms with Gasteiger partial charge >= 0.3 is 5.97 Å². The SMILES string of the molecule is CCC(Oc1ccccc1C(C)C)C(=O)N1CCOC(C(=O)O)C1. The highest BCUT2D eigenvalue weighted by atomic mass is 16.5. The van der Waals surface area contributed by atoms with Crippen LogP contribution in [-0.4, -0.2) is 53.8 Å². The molecule has 1 aliphatic heterocycles. The number of morpholine rings is 1. The fourth-order valence-corrected chi connectivity index (χ4v) is 2.73. The van der Waals surface area contributed by atoms with E-state index in [0.29, 0.717) is 18.7 Å². The molecule has 1 amide bonds. The summed E-state index contributed by atoms with van der Waals surface area (Å²) in [5, 5.41) is 9.07. The lowest BCUT2D eigenvalue weighted by Crippen LogP contribution is -2.52. The summed E-state index contributed by atoms with van der Waals surface area (Å²) < 4.78 is 11.2. The maximum atomic E-state index is 12.7. The number of aliphatic carboxylic acids is 1. The Bertz CT molecular complexity index is 587. The minimum atomic E-state index is -1.05. The van der Waals surface area contributed by atoms with Gasteiger partial charge in [0.2, 0.25) is 0 Å². The van der Waals surface area contributed by atoms with Gasteiger partial charge in [0.05, 0.1) is 13.2 Å². The molecule has 1 fully saturated rings. The van der Waals surface area contributed by atoms with E-state index >= 15 is 0 Å². The van der Waals surface area contributed by atoms with Crippen LogP contribution in [0, 0.1) is 0 Å². The van der Waals surface area contributed by atoms with Crippen LogP contribution in [0.25, 0.3) is 0 Å². The third-order valence-corrected chi connectivity index (χ3v) is 4.11. The first-order valence-corrected chi connectivity index (χ1v) is 8.32. The molecule has 0 aromatic heterocycles. The zero-order valence-electron chi connectivity index (χ0n) is 14.4. The molecule has 24 heavy (non-hydrogen) atoms. The number of para-hydroxylation sites is 1. The maximum absolute atomic E-state index is 12.7. The minimum Gasteiger partial charge on any atom is -0.480 e. The molecule has 0 saturated carbocycles. The number of carboxylic acid groups (broad SMARTS) is 1. The van der Waals surface area contributed by atoms with Crippen LogP contribution in [0.4, 0.5) is 0 Å². The number of ether oxygens (including phenoxy) is 2. The van der Waals surface area contributed by atoms with Gasteiger partial charge in [-0.25, -0.2) is 4.79 Å². The van der Waals surface area contributed by atoms with Crippen LogP contribution in [0.2, 0.25) is 0 Å². The molecule has 2 atom stereocenters. The number of carboxylic acids is 1. The van der Waals surface area contributed by atoms with Crippen molar-refractivity contribution < 1.29 is 24.2 Å². The van der Waals surface area contributed by atoms with Crippen molar-refractivity contribution in [3.05, 3.63) is 29.8 Å². The predicted molar refractivity (Wildman–Crippen MR) is 89.2 cm³/mol. The molecule has 1 heterocycles. The van der Waals surface area contributed by atoms with E-state index in [2.05, 4.69) is 13.8 Å². The summed E-state index contributed by atoms with van der Waals surface area (Å²) in [5.74, 6) is -0.249. The zero-order chi connectivity index (χ0) is 17.7. The van der Waals surface area contributed by atoms with E-state index in [0.717, 1.165) is 5.56 Å². The summed E-state index contributed by atoms with van der Waals surface area (Å²) in [6.45, 7) is 6.69. The molecule has 0 bridgehead atoms. The highest BCUT2D eigenvalue weighted by molar-refractivity contribution is 5.82. The highest BCUT2D eigenvalue weighted by Crippen LogP contribution is 2.27. The number of hydrogen-bond acceptors (Lipinski definition) is 4. The summed E-state index contributed by atoms with van der Waals surface area (Å²) in [6.07, 6.45) is -1.08. The van der Waals surface area contributed by atoms with Crippen molar-refractivity contribution in [2.45, 2.75) is 45.3 Å². The number of hydrogen-bond donors (Lipinski definition) is 1. The fourth-order valence-electron chi connectivity index (χ4n) is 2.73. The second-order valence-corrected chi connectivity index (χ2v) is 6.19. The summed E-state index contributed by atoms with van der Waals surface area (Å²) in [6, 6.07) is 7.69. The Morgan fingerprint density at radius 3 is 2.71 bits per heavy atom. The Hall–Kier alpha value is -2.08. The molecule has 132 valence electrons. The van der Waals surface area contributed by atoms with Crippen molar-refractivity contribution in [2.75, 3.05) is 19.7 Å². The van der Waals surface area contributed by atoms with Crippen molar-refractivity contribution in [1.82, 2.24) is 4.90 Å². The minimum absolute atomic E-state index is 0.0554. The van der Waals surface area contributed by atoms with E-state index in [4.69, 9.17) is 14.6 Å². The van der Waals surface area contributed by atoms with E-state index in [9.17, 15) is 9.59 Å². The Balaban J connectivity index is 2.11. The molecule has 1 aliphatic rings. The Labute approximate surface area is 142 Å². The summed E-state index contributed by atoms with van der Waals surface area (Å²) in [7, 11) is 0. The van der Waals surface area contributed by atoms with Gasteiger partial charge in [0.25, 0.3) is 5.91 Å². The first kappa shape index (κ1) is 18.3. The van der Waals surface area contributed by atoms with Gasteiger partial charge in [0.15, 0.2) is 12.2 Å². The van der Waals surface area contributed by atoms with Crippen LogP contribution in [0.15, 0.2) is 24.3 Å². The standard InChI is InChI=1S/C18H25NO5/c1-4-14(24-15-8-6-5-7-13(15)12(2)3)17(20)19-9-10-23-16(11-19)18(21)22/h5-8,12,14,16H,4,9-11H2,1-3H3,(H,21,22). The van der Waals surface area contributed by atoms with E-state index in [-0.39, 0.29) is 25.0 Å². The normalized spacial score (nSPS) is 19.2. The topological polar surface area (TPSA) is 76.1 Å². The lowest BCUT2D eigenvalue weighted by molar-refractivity contribution is -0.161. The Kier molecular flexibility index (Phi) is 6.20. The van der Waals surface area contributed by atoms with Crippen LogP contribution in [0.1, 0.15) is 38.7 Å². The third kappa shape index (κ3) is 4.26. The maximum Gasteiger partial charge on any atom is 0.334 e. The number of carbonyl (C=O) groups is 2. The van der Waals surface area contributed by atoms with Crippen LogP contribution in [0.5, 0.6) is 5.75 Å². The van der Waals surface area contributed by atoms with Gasteiger partial charge in [0.1, 0.15) is 5.75 Å². The molecular weight excluding hydrogens is 310 g/mol. The number of benzene rings is 1.